The van der Waals surface area contributed by atoms with Gasteiger partial charge in [-0.2, -0.15) is 0 Å². The smallest absolute Gasteiger partial charge is 0.407 e. The molecule has 2 N–H and O–H groups in total. The van der Waals surface area contributed by atoms with Crippen LogP contribution in [0.4, 0.5) is 23.8 Å². The van der Waals surface area contributed by atoms with Crippen molar-refractivity contribution >= 4 is 28.5 Å². The molecule has 172 valence electrons. The molecule has 0 saturated carbocycles. The number of hydrogen-bond acceptors (Lipinski definition) is 5. The second kappa shape index (κ2) is 9.05. The van der Waals surface area contributed by atoms with Gasteiger partial charge >= 0.3 is 6.09 Å². The van der Waals surface area contributed by atoms with E-state index in [0.29, 0.717) is 35.6 Å². The molecule has 4 rings (SSSR count). The van der Waals surface area contributed by atoms with Crippen LogP contribution in [-0.2, 0) is 0 Å². The SMILES string of the molecule is Cc1nc(NC(C)c2cccc(C(F)F)c2F)c2cc(C3=CCN(C(=O)O)CC3)cnc2n1. The number of aryl methyl sites for hydroxylation is 1. The minimum absolute atomic E-state index is 0.102. The van der Waals surface area contributed by atoms with Crippen LogP contribution in [0, 0.1) is 12.7 Å². The minimum atomic E-state index is -2.91. The summed E-state index contributed by atoms with van der Waals surface area (Å²) in [6, 6.07) is 5.13. The van der Waals surface area contributed by atoms with E-state index in [9.17, 15) is 18.0 Å². The highest BCUT2D eigenvalue weighted by atomic mass is 19.3. The molecule has 0 aliphatic carbocycles. The molecular weight excluding hydrogens is 435 g/mol. The zero-order valence-electron chi connectivity index (χ0n) is 18.0. The van der Waals surface area contributed by atoms with E-state index >= 15 is 0 Å². The number of aromatic nitrogens is 3. The van der Waals surface area contributed by atoms with E-state index in [0.717, 1.165) is 17.2 Å². The molecule has 1 amide bonds. The fraction of sp³-hybridized carbons (Fsp3) is 0.304. The van der Waals surface area contributed by atoms with E-state index in [2.05, 4.69) is 20.3 Å². The maximum Gasteiger partial charge on any atom is 0.407 e. The van der Waals surface area contributed by atoms with Crippen LogP contribution >= 0.6 is 0 Å². The van der Waals surface area contributed by atoms with Crippen LogP contribution in [0.15, 0.2) is 36.5 Å². The maximum atomic E-state index is 14.6. The highest BCUT2D eigenvalue weighted by Crippen LogP contribution is 2.31. The molecule has 1 aliphatic rings. The first-order valence-corrected chi connectivity index (χ1v) is 10.4. The number of fused-ring (bicyclic) bond motifs is 1. The number of benzene rings is 1. The molecule has 2 aromatic heterocycles. The molecule has 1 aliphatic heterocycles. The van der Waals surface area contributed by atoms with E-state index < -0.39 is 29.9 Å². The number of carboxylic acid groups (broad SMARTS) is 1. The Morgan fingerprint density at radius 3 is 2.67 bits per heavy atom. The van der Waals surface area contributed by atoms with Crippen molar-refractivity contribution in [1.29, 1.82) is 0 Å². The zero-order chi connectivity index (χ0) is 23.7. The number of halogens is 3. The number of alkyl halides is 2. The van der Waals surface area contributed by atoms with Gasteiger partial charge in [0.15, 0.2) is 5.65 Å². The predicted octanol–water partition coefficient (Wildman–Crippen LogP) is 5.35. The first-order valence-electron chi connectivity index (χ1n) is 10.4. The Balaban J connectivity index is 1.69. The monoisotopic (exact) mass is 457 g/mol. The van der Waals surface area contributed by atoms with Gasteiger partial charge in [-0.15, -0.1) is 0 Å². The third-order valence-electron chi connectivity index (χ3n) is 5.63. The maximum absolute atomic E-state index is 14.6. The van der Waals surface area contributed by atoms with Crippen molar-refractivity contribution in [2.75, 3.05) is 18.4 Å². The van der Waals surface area contributed by atoms with Crippen molar-refractivity contribution < 1.29 is 23.1 Å². The molecule has 10 heteroatoms. The topological polar surface area (TPSA) is 91.2 Å². The van der Waals surface area contributed by atoms with E-state index in [-0.39, 0.29) is 12.1 Å². The molecule has 0 fully saturated rings. The molecule has 33 heavy (non-hydrogen) atoms. The summed E-state index contributed by atoms with van der Waals surface area (Å²) < 4.78 is 40.9. The first kappa shape index (κ1) is 22.5. The highest BCUT2D eigenvalue weighted by Gasteiger charge is 2.21. The van der Waals surface area contributed by atoms with E-state index in [1.54, 1.807) is 20.0 Å². The molecule has 3 heterocycles. The van der Waals surface area contributed by atoms with Crippen molar-refractivity contribution in [2.24, 2.45) is 0 Å². The van der Waals surface area contributed by atoms with Crippen molar-refractivity contribution in [1.82, 2.24) is 19.9 Å². The zero-order valence-corrected chi connectivity index (χ0v) is 18.0. The number of carbonyl (C=O) groups is 1. The first-order chi connectivity index (χ1) is 15.7. The molecular formula is C23H22F3N5O2. The van der Waals surface area contributed by atoms with Gasteiger partial charge < -0.3 is 15.3 Å². The summed E-state index contributed by atoms with van der Waals surface area (Å²) in [4.78, 5) is 25.7. The summed E-state index contributed by atoms with van der Waals surface area (Å²) >= 11 is 0. The third kappa shape index (κ3) is 4.59. The predicted molar refractivity (Wildman–Crippen MR) is 118 cm³/mol. The minimum Gasteiger partial charge on any atom is -0.465 e. The van der Waals surface area contributed by atoms with Crippen LogP contribution in [0.25, 0.3) is 16.6 Å². The number of pyridine rings is 1. The van der Waals surface area contributed by atoms with Gasteiger partial charge in [-0.1, -0.05) is 24.3 Å². The lowest BCUT2D eigenvalue weighted by Gasteiger charge is -2.24. The Kier molecular flexibility index (Phi) is 6.17. The van der Waals surface area contributed by atoms with Crippen LogP contribution in [0.3, 0.4) is 0 Å². The van der Waals surface area contributed by atoms with Crippen molar-refractivity contribution in [2.45, 2.75) is 32.7 Å². The molecule has 3 aromatic rings. The van der Waals surface area contributed by atoms with Crippen molar-refractivity contribution in [3.8, 4) is 0 Å². The molecule has 7 nitrogen and oxygen atoms in total. The number of amides is 1. The van der Waals surface area contributed by atoms with Crippen LogP contribution in [-0.4, -0.2) is 44.1 Å². The van der Waals surface area contributed by atoms with E-state index in [4.69, 9.17) is 5.11 Å². The third-order valence-corrected chi connectivity index (χ3v) is 5.63. The average molecular weight is 457 g/mol. The Morgan fingerprint density at radius 1 is 1.24 bits per heavy atom. The molecule has 1 unspecified atom stereocenters. The van der Waals surface area contributed by atoms with Gasteiger partial charge in [-0.25, -0.2) is 32.9 Å². The van der Waals surface area contributed by atoms with Gasteiger partial charge in [0.05, 0.1) is 17.0 Å². The highest BCUT2D eigenvalue weighted by molar-refractivity contribution is 5.89. The fourth-order valence-corrected chi connectivity index (χ4v) is 3.87. The summed E-state index contributed by atoms with van der Waals surface area (Å²) in [6.45, 7) is 4.03. The van der Waals surface area contributed by atoms with Gasteiger partial charge in [-0.05, 0) is 37.5 Å². The molecule has 0 bridgehead atoms. The second-order valence-corrected chi connectivity index (χ2v) is 7.84. The normalized spacial score (nSPS) is 15.0. The van der Waals surface area contributed by atoms with Crippen molar-refractivity contribution in [3.63, 3.8) is 0 Å². The van der Waals surface area contributed by atoms with Crippen LogP contribution in [0.1, 0.15) is 48.3 Å². The Morgan fingerprint density at radius 2 is 2.00 bits per heavy atom. The number of nitrogens with one attached hydrogen (secondary N) is 1. The summed E-state index contributed by atoms with van der Waals surface area (Å²) in [6.07, 6.45) is 0.185. The fourth-order valence-electron chi connectivity index (χ4n) is 3.87. The molecule has 0 radical (unpaired) electrons. The van der Waals surface area contributed by atoms with E-state index in [1.165, 1.54) is 17.0 Å². The number of rotatable bonds is 5. The van der Waals surface area contributed by atoms with Crippen LogP contribution < -0.4 is 5.32 Å². The Hall–Kier alpha value is -3.69. The lowest BCUT2D eigenvalue weighted by Crippen LogP contribution is -2.33. The van der Waals surface area contributed by atoms with Gasteiger partial charge in [0.25, 0.3) is 6.43 Å². The molecule has 0 saturated heterocycles. The van der Waals surface area contributed by atoms with Gasteiger partial charge in [-0.3, -0.25) is 0 Å². The molecule has 1 atom stereocenters. The second-order valence-electron chi connectivity index (χ2n) is 7.84. The Bertz CT molecular complexity index is 1250. The van der Waals surface area contributed by atoms with Gasteiger partial charge in [0, 0.05) is 24.8 Å². The summed E-state index contributed by atoms with van der Waals surface area (Å²) in [5.41, 5.74) is 1.66. The lowest BCUT2D eigenvalue weighted by molar-refractivity contribution is 0.146. The quantitative estimate of drug-likeness (QED) is 0.537. The van der Waals surface area contributed by atoms with Crippen LogP contribution in [0.2, 0.25) is 0 Å². The molecule has 1 aromatic carbocycles. The molecule has 0 spiro atoms. The number of nitrogens with zero attached hydrogens (tertiary/aromatic N) is 4. The standard InChI is InChI=1S/C23H22F3N5O2/c1-12(16-4-3-5-17(19(16)24)20(25)26)28-22-18-10-15(11-27-21(18)29-13(2)30-22)14-6-8-31(9-7-14)23(32)33/h3-6,10-12,20H,7-9H2,1-2H3,(H,32,33)(H,27,28,29,30). The summed E-state index contributed by atoms with van der Waals surface area (Å²) in [5, 5.41) is 12.8. The summed E-state index contributed by atoms with van der Waals surface area (Å²) in [7, 11) is 0. The summed E-state index contributed by atoms with van der Waals surface area (Å²) in [5.74, 6) is -0.0882. The number of hydrogen-bond donors (Lipinski definition) is 2. The number of anilines is 1. The van der Waals surface area contributed by atoms with Crippen molar-refractivity contribution in [3.05, 3.63) is 64.9 Å². The van der Waals surface area contributed by atoms with Crippen LogP contribution in [0.5, 0.6) is 0 Å². The van der Waals surface area contributed by atoms with Gasteiger partial charge in [0.1, 0.15) is 17.5 Å². The van der Waals surface area contributed by atoms with Gasteiger partial charge in [0.2, 0.25) is 0 Å². The average Bonchev–Trinajstić information content (AvgIpc) is 2.78. The Labute approximate surface area is 188 Å². The van der Waals surface area contributed by atoms with E-state index in [1.807, 2.05) is 12.1 Å². The largest absolute Gasteiger partial charge is 0.465 e. The lowest BCUT2D eigenvalue weighted by atomic mass is 10.00.